The Hall–Kier alpha value is -3.07. The first-order valence-corrected chi connectivity index (χ1v) is 11.5. The minimum Gasteiger partial charge on any atom is -0.326 e. The van der Waals surface area contributed by atoms with E-state index < -0.39 is 15.9 Å². The molecule has 0 aliphatic carbocycles. The molecule has 3 aromatic carbocycles. The Bertz CT molecular complexity index is 1280. The quantitative estimate of drug-likeness (QED) is 0.505. The molecular weight excluding hydrogens is 473 g/mol. The first kappa shape index (κ1) is 23.6. The maximum absolute atomic E-state index is 13.2. The van der Waals surface area contributed by atoms with Crippen LogP contribution in [0.25, 0.3) is 0 Å². The third-order valence-electron chi connectivity index (χ3n) is 4.46. The number of carbonyl (C=O) groups is 2. The molecule has 2 amide bonds. The Morgan fingerprint density at radius 3 is 2.12 bits per heavy atom. The number of sulfonamides is 1. The lowest BCUT2D eigenvalue weighted by Crippen LogP contribution is -2.27. The molecule has 0 unspecified atom stereocenters. The molecule has 0 spiro atoms. The first-order valence-electron chi connectivity index (χ1n) is 9.31. The molecular formula is C22H19Cl2N3O4S. The van der Waals surface area contributed by atoms with Gasteiger partial charge in [0.25, 0.3) is 15.9 Å². The van der Waals surface area contributed by atoms with Gasteiger partial charge in [-0.2, -0.15) is 0 Å². The highest BCUT2D eigenvalue weighted by atomic mass is 35.5. The second-order valence-corrected chi connectivity index (χ2v) is 9.59. The van der Waals surface area contributed by atoms with Crippen molar-refractivity contribution in [1.82, 2.24) is 0 Å². The van der Waals surface area contributed by atoms with E-state index in [2.05, 4.69) is 10.6 Å². The van der Waals surface area contributed by atoms with Gasteiger partial charge in [0.05, 0.1) is 10.7 Å². The number of halogens is 2. The maximum atomic E-state index is 13.2. The van der Waals surface area contributed by atoms with Gasteiger partial charge in [-0.05, 0) is 60.7 Å². The Kier molecular flexibility index (Phi) is 7.08. The summed E-state index contributed by atoms with van der Waals surface area (Å²) in [4.78, 5) is 23.8. The zero-order valence-electron chi connectivity index (χ0n) is 17.1. The minimum absolute atomic E-state index is 0.0185. The fourth-order valence-corrected chi connectivity index (χ4v) is 4.68. The van der Waals surface area contributed by atoms with Crippen LogP contribution in [0.1, 0.15) is 17.3 Å². The summed E-state index contributed by atoms with van der Waals surface area (Å²) in [6.45, 7) is 1.38. The average Bonchev–Trinajstić information content (AvgIpc) is 2.73. The highest BCUT2D eigenvalue weighted by Crippen LogP contribution is 2.29. The van der Waals surface area contributed by atoms with Gasteiger partial charge in [-0.3, -0.25) is 13.9 Å². The number of hydrogen-bond donors (Lipinski definition) is 2. The van der Waals surface area contributed by atoms with Crippen molar-refractivity contribution in [3.8, 4) is 0 Å². The molecule has 7 nitrogen and oxygen atoms in total. The van der Waals surface area contributed by atoms with Crippen LogP contribution < -0.4 is 14.9 Å². The van der Waals surface area contributed by atoms with Crippen LogP contribution in [-0.2, 0) is 14.8 Å². The van der Waals surface area contributed by atoms with E-state index in [1.54, 1.807) is 48.5 Å². The lowest BCUT2D eigenvalue weighted by molar-refractivity contribution is -0.114. The van der Waals surface area contributed by atoms with Crippen LogP contribution in [0.3, 0.4) is 0 Å². The van der Waals surface area contributed by atoms with E-state index in [0.717, 1.165) is 4.31 Å². The van der Waals surface area contributed by atoms with Crippen molar-refractivity contribution < 1.29 is 18.0 Å². The fraction of sp³-hybridized carbons (Fsp3) is 0.0909. The number of rotatable bonds is 6. The summed E-state index contributed by atoms with van der Waals surface area (Å²) in [5.74, 6) is -0.780. The van der Waals surface area contributed by atoms with Gasteiger partial charge < -0.3 is 10.6 Å². The molecule has 0 bridgehead atoms. The zero-order chi connectivity index (χ0) is 23.5. The second-order valence-electron chi connectivity index (χ2n) is 6.81. The summed E-state index contributed by atoms with van der Waals surface area (Å²) >= 11 is 12.0. The number of hydrogen-bond acceptors (Lipinski definition) is 4. The van der Waals surface area contributed by atoms with Gasteiger partial charge in [0.2, 0.25) is 5.91 Å². The number of benzene rings is 3. The van der Waals surface area contributed by atoms with E-state index in [4.69, 9.17) is 23.2 Å². The topological polar surface area (TPSA) is 95.6 Å². The molecule has 0 atom stereocenters. The molecule has 3 aromatic rings. The lowest BCUT2D eigenvalue weighted by atomic mass is 10.2. The van der Waals surface area contributed by atoms with E-state index in [1.165, 1.54) is 32.2 Å². The van der Waals surface area contributed by atoms with Crippen molar-refractivity contribution in [2.45, 2.75) is 11.8 Å². The molecule has 166 valence electrons. The highest BCUT2D eigenvalue weighted by molar-refractivity contribution is 7.93. The second kappa shape index (κ2) is 9.60. The van der Waals surface area contributed by atoms with Crippen LogP contribution in [0.2, 0.25) is 10.0 Å². The van der Waals surface area contributed by atoms with E-state index in [0.29, 0.717) is 22.1 Å². The van der Waals surface area contributed by atoms with Crippen LogP contribution >= 0.6 is 23.2 Å². The SMILES string of the molecule is CC(=O)Nc1cccc(NC(=O)c2ccc(Cl)c(S(=O)(=O)N(C)c3ccc(Cl)cc3)c2)c1. The van der Waals surface area contributed by atoms with Gasteiger partial charge >= 0.3 is 0 Å². The highest BCUT2D eigenvalue weighted by Gasteiger charge is 2.25. The van der Waals surface area contributed by atoms with Crippen molar-refractivity contribution in [2.75, 3.05) is 22.0 Å². The van der Waals surface area contributed by atoms with Crippen molar-refractivity contribution >= 4 is 62.1 Å². The number of amides is 2. The summed E-state index contributed by atoms with van der Waals surface area (Å²) in [6, 6.07) is 16.8. The van der Waals surface area contributed by atoms with Crippen molar-refractivity contribution in [3.05, 3.63) is 82.3 Å². The number of nitrogens with zero attached hydrogens (tertiary/aromatic N) is 1. The van der Waals surface area contributed by atoms with Crippen molar-refractivity contribution in [2.24, 2.45) is 0 Å². The van der Waals surface area contributed by atoms with Gasteiger partial charge in [-0.15, -0.1) is 0 Å². The monoisotopic (exact) mass is 491 g/mol. The molecule has 3 rings (SSSR count). The Balaban J connectivity index is 1.88. The predicted octanol–water partition coefficient (Wildman–Crippen LogP) is 5.03. The Morgan fingerprint density at radius 1 is 0.875 bits per heavy atom. The average molecular weight is 492 g/mol. The molecule has 0 aliphatic rings. The molecule has 10 heteroatoms. The van der Waals surface area contributed by atoms with Crippen LogP contribution in [0.5, 0.6) is 0 Å². The smallest absolute Gasteiger partial charge is 0.265 e. The summed E-state index contributed by atoms with van der Waals surface area (Å²) in [7, 11) is -2.67. The van der Waals surface area contributed by atoms with E-state index in [1.807, 2.05) is 0 Å². The van der Waals surface area contributed by atoms with Crippen LogP contribution in [-0.4, -0.2) is 27.3 Å². The largest absolute Gasteiger partial charge is 0.326 e. The standard InChI is InChI=1S/C22H19Cl2N3O4S/c1-14(28)25-17-4-3-5-18(13-17)26-22(29)15-6-11-20(24)21(12-15)32(30,31)27(2)19-9-7-16(23)8-10-19/h3-13H,1-2H3,(H,25,28)(H,26,29). The van der Waals surface area contributed by atoms with Crippen LogP contribution in [0, 0.1) is 0 Å². The van der Waals surface area contributed by atoms with Crippen molar-refractivity contribution in [3.63, 3.8) is 0 Å². The normalized spacial score (nSPS) is 11.0. The molecule has 0 saturated heterocycles. The lowest BCUT2D eigenvalue weighted by Gasteiger charge is -2.20. The van der Waals surface area contributed by atoms with Gasteiger partial charge in [0.1, 0.15) is 4.90 Å². The maximum Gasteiger partial charge on any atom is 0.265 e. The number of anilines is 3. The summed E-state index contributed by atoms with van der Waals surface area (Å²) in [6.07, 6.45) is 0. The molecule has 32 heavy (non-hydrogen) atoms. The Labute approximate surface area is 196 Å². The van der Waals surface area contributed by atoms with Gasteiger partial charge in [0.15, 0.2) is 0 Å². The minimum atomic E-state index is -4.05. The molecule has 0 aromatic heterocycles. The molecule has 0 heterocycles. The van der Waals surface area contributed by atoms with Gasteiger partial charge in [0, 0.05) is 35.9 Å². The molecule has 0 saturated carbocycles. The van der Waals surface area contributed by atoms with Gasteiger partial charge in [-0.25, -0.2) is 8.42 Å². The number of nitrogens with one attached hydrogen (secondary N) is 2. The summed E-state index contributed by atoms with van der Waals surface area (Å²) < 4.78 is 27.4. The summed E-state index contributed by atoms with van der Waals surface area (Å²) in [5.41, 5.74) is 1.43. The van der Waals surface area contributed by atoms with Crippen LogP contribution in [0.15, 0.2) is 71.6 Å². The van der Waals surface area contributed by atoms with Gasteiger partial charge in [-0.1, -0.05) is 29.3 Å². The van der Waals surface area contributed by atoms with E-state index >= 15 is 0 Å². The first-order chi connectivity index (χ1) is 15.1. The Morgan fingerprint density at radius 2 is 1.50 bits per heavy atom. The summed E-state index contributed by atoms with van der Waals surface area (Å²) in [5, 5.41) is 5.76. The van der Waals surface area contributed by atoms with Crippen LogP contribution in [0.4, 0.5) is 17.1 Å². The third kappa shape index (κ3) is 5.40. The molecule has 0 fully saturated rings. The fourth-order valence-electron chi connectivity index (χ4n) is 2.86. The zero-order valence-corrected chi connectivity index (χ0v) is 19.4. The van der Waals surface area contributed by atoms with E-state index in [-0.39, 0.29) is 21.4 Å². The predicted molar refractivity (Wildman–Crippen MR) is 127 cm³/mol. The molecule has 2 N–H and O–H groups in total. The number of carbonyl (C=O) groups excluding carboxylic acids is 2. The van der Waals surface area contributed by atoms with E-state index in [9.17, 15) is 18.0 Å². The molecule has 0 radical (unpaired) electrons. The van der Waals surface area contributed by atoms with Crippen molar-refractivity contribution in [1.29, 1.82) is 0 Å². The third-order valence-corrected chi connectivity index (χ3v) is 6.98. The molecule has 0 aliphatic heterocycles.